The fraction of sp³-hybridized carbons (Fsp3) is 0.333. The summed E-state index contributed by atoms with van der Waals surface area (Å²) in [6.07, 6.45) is -7.52. The van der Waals surface area contributed by atoms with E-state index in [1.54, 1.807) is 12.1 Å². The van der Waals surface area contributed by atoms with Crippen molar-refractivity contribution in [2.24, 2.45) is 0 Å². The van der Waals surface area contributed by atoms with Crippen LogP contribution in [-0.4, -0.2) is 69.2 Å². The molecule has 2 aromatic carbocycles. The molecular formula is C24H22F3N3O8. The van der Waals surface area contributed by atoms with Crippen LogP contribution in [0.3, 0.4) is 0 Å². The third-order valence-electron chi connectivity index (χ3n) is 5.71. The molecule has 14 heteroatoms. The number of hydrogen-bond acceptors (Lipinski definition) is 9. The lowest BCUT2D eigenvalue weighted by atomic mass is 10.0. The minimum atomic E-state index is -4.43. The lowest BCUT2D eigenvalue weighted by Gasteiger charge is -2.38. The number of aromatic nitrogens is 2. The summed E-state index contributed by atoms with van der Waals surface area (Å²) >= 11 is 0. The average molecular weight is 537 g/mol. The van der Waals surface area contributed by atoms with E-state index in [4.69, 9.17) is 24.2 Å². The van der Waals surface area contributed by atoms with Crippen molar-refractivity contribution in [3.63, 3.8) is 0 Å². The zero-order valence-corrected chi connectivity index (χ0v) is 19.7. The molecule has 4 rings (SSSR count). The fourth-order valence-corrected chi connectivity index (χ4v) is 3.93. The van der Waals surface area contributed by atoms with Gasteiger partial charge in [0, 0.05) is 43.6 Å². The van der Waals surface area contributed by atoms with E-state index in [1.165, 1.54) is 24.3 Å². The Balaban J connectivity index is 1.34. The molecule has 0 aliphatic carbocycles. The molecule has 0 unspecified atom stereocenters. The van der Waals surface area contributed by atoms with Gasteiger partial charge in [0.1, 0.15) is 5.75 Å². The molecule has 1 saturated heterocycles. The monoisotopic (exact) mass is 537 g/mol. The number of alkyl halides is 3. The Morgan fingerprint density at radius 3 is 2.08 bits per heavy atom. The van der Waals surface area contributed by atoms with E-state index in [1.807, 2.05) is 17.0 Å². The molecule has 0 bridgehead atoms. The molecule has 0 saturated carbocycles. The molecule has 11 nitrogen and oxygen atoms in total. The van der Waals surface area contributed by atoms with Crippen molar-refractivity contribution >= 4 is 12.3 Å². The maximum atomic E-state index is 12.3. The molecule has 0 radical (unpaired) electrons. The van der Waals surface area contributed by atoms with Crippen LogP contribution in [-0.2, 0) is 16.0 Å². The molecule has 38 heavy (non-hydrogen) atoms. The van der Waals surface area contributed by atoms with Crippen LogP contribution in [0.5, 0.6) is 5.75 Å². The Morgan fingerprint density at radius 2 is 1.53 bits per heavy atom. The quantitative estimate of drug-likeness (QED) is 0.295. The zero-order chi connectivity index (χ0) is 27.3. The number of carboxylic acid groups (broad SMARTS) is 2. The maximum absolute atomic E-state index is 12.3. The number of hydrogen-bond donors (Lipinski definition) is 2. The van der Waals surface area contributed by atoms with E-state index >= 15 is 0 Å². The average Bonchev–Trinajstić information content (AvgIpc) is 3.34. The van der Waals surface area contributed by atoms with Gasteiger partial charge in [-0.25, -0.2) is 9.59 Å². The van der Waals surface area contributed by atoms with Gasteiger partial charge in [-0.2, -0.15) is 18.2 Å². The molecule has 0 atom stereocenters. The third kappa shape index (κ3) is 7.12. The molecule has 0 amide bonds. The van der Waals surface area contributed by atoms with E-state index in [2.05, 4.69) is 14.9 Å². The van der Waals surface area contributed by atoms with Crippen LogP contribution in [0.2, 0.25) is 0 Å². The standard InChI is InChI=1S/C24H22F3N3O8/c25-24(26,27)14-35-18-7-5-17(6-8-18)20-28-19(29-38-20)16-3-1-15(2-4-16)13-30-11-9-23(10-12-30,36-21(31)32)37-22(33)34/h1-8H,9-14H2,(H,31,32)(H,33,34). The molecular weight excluding hydrogens is 515 g/mol. The van der Waals surface area contributed by atoms with Crippen molar-refractivity contribution < 1.29 is 51.7 Å². The van der Waals surface area contributed by atoms with Crippen LogP contribution in [0.4, 0.5) is 22.8 Å². The predicted molar refractivity (Wildman–Crippen MR) is 122 cm³/mol. The third-order valence-corrected chi connectivity index (χ3v) is 5.71. The van der Waals surface area contributed by atoms with Gasteiger partial charge in [-0.3, -0.25) is 4.90 Å². The molecule has 3 aromatic rings. The van der Waals surface area contributed by atoms with Crippen molar-refractivity contribution in [3.05, 3.63) is 54.1 Å². The smallest absolute Gasteiger partial charge is 0.484 e. The SMILES string of the molecule is O=C(O)OC1(OC(=O)O)CCN(Cc2ccc(-c3noc(-c4ccc(OCC(F)(F)F)cc4)n3)cc2)CC1. The van der Waals surface area contributed by atoms with Crippen LogP contribution in [0.1, 0.15) is 18.4 Å². The summed E-state index contributed by atoms with van der Waals surface area (Å²) in [5, 5.41) is 21.8. The highest BCUT2D eigenvalue weighted by Gasteiger charge is 2.42. The molecule has 2 N–H and O–H groups in total. The summed E-state index contributed by atoms with van der Waals surface area (Å²) < 4.78 is 56.3. The number of ether oxygens (including phenoxy) is 3. The number of nitrogens with zero attached hydrogens (tertiary/aromatic N) is 3. The van der Waals surface area contributed by atoms with Crippen LogP contribution in [0, 0.1) is 0 Å². The first kappa shape index (κ1) is 26.7. The first-order chi connectivity index (χ1) is 18.0. The second-order valence-electron chi connectivity index (χ2n) is 8.47. The van der Waals surface area contributed by atoms with Crippen LogP contribution in [0.25, 0.3) is 22.8 Å². The largest absolute Gasteiger partial charge is 0.509 e. The lowest BCUT2D eigenvalue weighted by molar-refractivity contribution is -0.206. The topological polar surface area (TPSA) is 144 Å². The maximum Gasteiger partial charge on any atom is 0.509 e. The highest BCUT2D eigenvalue weighted by molar-refractivity contribution is 5.61. The van der Waals surface area contributed by atoms with E-state index < -0.39 is 30.9 Å². The molecule has 1 aliphatic rings. The molecule has 2 heterocycles. The highest BCUT2D eigenvalue weighted by atomic mass is 19.4. The van der Waals surface area contributed by atoms with Crippen molar-refractivity contribution in [3.8, 4) is 28.6 Å². The highest BCUT2D eigenvalue weighted by Crippen LogP contribution is 2.30. The van der Waals surface area contributed by atoms with E-state index in [0.29, 0.717) is 36.6 Å². The number of benzene rings is 2. The summed E-state index contributed by atoms with van der Waals surface area (Å²) in [6, 6.07) is 13.1. The van der Waals surface area contributed by atoms with Crippen molar-refractivity contribution in [1.29, 1.82) is 0 Å². The number of halogens is 3. The Labute approximate surface area is 213 Å². The molecule has 1 aliphatic heterocycles. The van der Waals surface area contributed by atoms with Crippen LogP contribution in [0.15, 0.2) is 53.1 Å². The van der Waals surface area contributed by atoms with Crippen molar-refractivity contribution in [1.82, 2.24) is 15.0 Å². The molecule has 1 aromatic heterocycles. The summed E-state index contributed by atoms with van der Waals surface area (Å²) in [5.74, 6) is -1.14. The van der Waals surface area contributed by atoms with Gasteiger partial charge < -0.3 is 28.9 Å². The Morgan fingerprint density at radius 1 is 0.947 bits per heavy atom. The molecule has 202 valence electrons. The van der Waals surface area contributed by atoms with Gasteiger partial charge in [0.2, 0.25) is 5.82 Å². The Kier molecular flexibility index (Phi) is 7.71. The first-order valence-corrected chi connectivity index (χ1v) is 11.3. The van der Waals surface area contributed by atoms with Gasteiger partial charge in [-0.1, -0.05) is 29.4 Å². The van der Waals surface area contributed by atoms with Crippen molar-refractivity contribution in [2.45, 2.75) is 31.3 Å². The second-order valence-corrected chi connectivity index (χ2v) is 8.47. The Hall–Kier alpha value is -4.33. The minimum Gasteiger partial charge on any atom is -0.484 e. The summed E-state index contributed by atoms with van der Waals surface area (Å²) in [6.45, 7) is -0.145. The second kappa shape index (κ2) is 11.0. The van der Waals surface area contributed by atoms with Gasteiger partial charge in [0.05, 0.1) is 0 Å². The van der Waals surface area contributed by atoms with Gasteiger partial charge in [-0.05, 0) is 29.8 Å². The van der Waals surface area contributed by atoms with Gasteiger partial charge in [0.15, 0.2) is 6.61 Å². The van der Waals surface area contributed by atoms with Crippen LogP contribution < -0.4 is 4.74 Å². The van der Waals surface area contributed by atoms with Gasteiger partial charge in [-0.15, -0.1) is 0 Å². The number of rotatable bonds is 8. The van der Waals surface area contributed by atoms with Gasteiger partial charge in [0.25, 0.3) is 11.7 Å². The van der Waals surface area contributed by atoms with E-state index in [9.17, 15) is 22.8 Å². The normalized spacial score (nSPS) is 15.6. The lowest BCUT2D eigenvalue weighted by Crippen LogP contribution is -2.49. The number of carbonyl (C=O) groups is 2. The summed E-state index contributed by atoms with van der Waals surface area (Å²) in [4.78, 5) is 28.3. The summed E-state index contributed by atoms with van der Waals surface area (Å²) in [5.41, 5.74) is 2.13. The zero-order valence-electron chi connectivity index (χ0n) is 19.7. The molecule has 1 fully saturated rings. The fourth-order valence-electron chi connectivity index (χ4n) is 3.93. The summed E-state index contributed by atoms with van der Waals surface area (Å²) in [7, 11) is 0. The number of likely N-dealkylation sites (tertiary alicyclic amines) is 1. The predicted octanol–water partition coefficient (Wildman–Crippen LogP) is 5.03. The number of piperidine rings is 1. The van der Waals surface area contributed by atoms with E-state index in [0.717, 1.165) is 5.56 Å². The minimum absolute atomic E-state index is 0.0598. The van der Waals surface area contributed by atoms with Gasteiger partial charge >= 0.3 is 18.5 Å². The van der Waals surface area contributed by atoms with Crippen LogP contribution >= 0.6 is 0 Å². The molecule has 0 spiro atoms. The van der Waals surface area contributed by atoms with E-state index in [-0.39, 0.29) is 24.5 Å². The Bertz CT molecular complexity index is 1240. The first-order valence-electron chi connectivity index (χ1n) is 11.3. The van der Waals surface area contributed by atoms with Crippen molar-refractivity contribution in [2.75, 3.05) is 19.7 Å².